The quantitative estimate of drug-likeness (QED) is 0.748. The molecule has 0 aliphatic heterocycles. The fourth-order valence-electron chi connectivity index (χ4n) is 2.23. The fourth-order valence-corrected chi connectivity index (χ4v) is 2.41. The van der Waals surface area contributed by atoms with Crippen LogP contribution in [0.15, 0.2) is 30.3 Å². The van der Waals surface area contributed by atoms with Crippen molar-refractivity contribution in [3.63, 3.8) is 0 Å². The van der Waals surface area contributed by atoms with Gasteiger partial charge in [-0.15, -0.1) is 0 Å². The molecule has 1 saturated carbocycles. The average Bonchev–Trinajstić information content (AvgIpc) is 2.32. The fraction of sp³-hybridized carbons (Fsp3) is 0.333. The van der Waals surface area contributed by atoms with Gasteiger partial charge in [0.05, 0.1) is 5.69 Å². The van der Waals surface area contributed by atoms with Crippen LogP contribution in [0, 0.1) is 6.92 Å². The minimum absolute atomic E-state index is 0.505. The van der Waals surface area contributed by atoms with Gasteiger partial charge in [0.2, 0.25) is 0 Å². The van der Waals surface area contributed by atoms with Crippen LogP contribution in [0.25, 0.3) is 11.3 Å². The van der Waals surface area contributed by atoms with Crippen molar-refractivity contribution in [1.82, 2.24) is 9.97 Å². The smallest absolute Gasteiger partial charge is 0.136 e. The van der Waals surface area contributed by atoms with Crippen LogP contribution in [0.1, 0.15) is 36.6 Å². The van der Waals surface area contributed by atoms with Crippen LogP contribution in [-0.2, 0) is 0 Å². The molecule has 0 saturated heterocycles. The molecule has 0 N–H and O–H groups in total. The Bertz CT molecular complexity index is 562. The molecule has 1 aromatic heterocycles. The Labute approximate surface area is 112 Å². The van der Waals surface area contributed by atoms with Gasteiger partial charge < -0.3 is 0 Å². The molecule has 0 atom stereocenters. The van der Waals surface area contributed by atoms with Gasteiger partial charge >= 0.3 is 0 Å². The first-order valence-corrected chi connectivity index (χ1v) is 6.73. The number of rotatable bonds is 2. The van der Waals surface area contributed by atoms with E-state index in [2.05, 4.69) is 17.1 Å². The number of halogens is 1. The summed E-state index contributed by atoms with van der Waals surface area (Å²) in [4.78, 5) is 9.17. The second-order valence-corrected chi connectivity index (χ2v) is 5.20. The van der Waals surface area contributed by atoms with Crippen LogP contribution in [0.2, 0.25) is 5.15 Å². The summed E-state index contributed by atoms with van der Waals surface area (Å²) >= 11 is 6.24. The van der Waals surface area contributed by atoms with E-state index in [0.717, 1.165) is 22.6 Å². The molecule has 2 aromatic rings. The Kier molecular flexibility index (Phi) is 3.04. The van der Waals surface area contributed by atoms with E-state index in [1.54, 1.807) is 0 Å². The average molecular weight is 259 g/mol. The first kappa shape index (κ1) is 11.7. The zero-order chi connectivity index (χ0) is 12.5. The molecular formula is C15H15ClN2. The van der Waals surface area contributed by atoms with E-state index in [0.29, 0.717) is 11.1 Å². The van der Waals surface area contributed by atoms with Crippen molar-refractivity contribution in [3.8, 4) is 11.3 Å². The zero-order valence-electron chi connectivity index (χ0n) is 10.4. The molecule has 0 unspecified atom stereocenters. The van der Waals surface area contributed by atoms with Crippen molar-refractivity contribution >= 4 is 11.6 Å². The van der Waals surface area contributed by atoms with E-state index in [1.807, 2.05) is 25.1 Å². The number of hydrogen-bond donors (Lipinski definition) is 0. The SMILES string of the molecule is Cc1c(Cl)nc(C2CCC2)nc1-c1ccccc1. The van der Waals surface area contributed by atoms with Gasteiger partial charge in [-0.1, -0.05) is 48.4 Å². The van der Waals surface area contributed by atoms with Crippen molar-refractivity contribution < 1.29 is 0 Å². The standard InChI is InChI=1S/C15H15ClN2/c1-10-13(11-6-3-2-4-7-11)17-15(18-14(10)16)12-8-5-9-12/h2-4,6-7,12H,5,8-9H2,1H3. The number of aromatic nitrogens is 2. The molecular weight excluding hydrogens is 244 g/mol. The molecule has 2 nitrogen and oxygen atoms in total. The first-order chi connectivity index (χ1) is 8.75. The molecule has 1 aliphatic carbocycles. The summed E-state index contributed by atoms with van der Waals surface area (Å²) < 4.78 is 0. The van der Waals surface area contributed by atoms with Crippen molar-refractivity contribution in [2.75, 3.05) is 0 Å². The molecule has 0 amide bonds. The summed E-state index contributed by atoms with van der Waals surface area (Å²) in [5, 5.41) is 0.589. The lowest BCUT2D eigenvalue weighted by molar-refractivity contribution is 0.401. The maximum absolute atomic E-state index is 6.24. The molecule has 3 rings (SSSR count). The highest BCUT2D eigenvalue weighted by Crippen LogP contribution is 2.36. The summed E-state index contributed by atoms with van der Waals surface area (Å²) in [5.41, 5.74) is 3.04. The van der Waals surface area contributed by atoms with Crippen LogP contribution >= 0.6 is 11.6 Å². The maximum Gasteiger partial charge on any atom is 0.136 e. The van der Waals surface area contributed by atoms with E-state index in [-0.39, 0.29) is 0 Å². The van der Waals surface area contributed by atoms with Gasteiger partial charge in [0, 0.05) is 17.0 Å². The van der Waals surface area contributed by atoms with Gasteiger partial charge in [0.15, 0.2) is 0 Å². The Hall–Kier alpha value is -1.41. The van der Waals surface area contributed by atoms with E-state index in [1.165, 1.54) is 19.3 Å². The normalized spacial score (nSPS) is 15.4. The lowest BCUT2D eigenvalue weighted by Gasteiger charge is -2.24. The van der Waals surface area contributed by atoms with Crippen molar-refractivity contribution in [2.24, 2.45) is 0 Å². The molecule has 0 radical (unpaired) electrons. The minimum Gasteiger partial charge on any atom is -0.232 e. The lowest BCUT2D eigenvalue weighted by atomic mass is 9.84. The van der Waals surface area contributed by atoms with Gasteiger partial charge in [-0.05, 0) is 19.8 Å². The topological polar surface area (TPSA) is 25.8 Å². The van der Waals surface area contributed by atoms with Crippen molar-refractivity contribution in [2.45, 2.75) is 32.1 Å². The van der Waals surface area contributed by atoms with Gasteiger partial charge in [0.1, 0.15) is 11.0 Å². The highest BCUT2D eigenvalue weighted by atomic mass is 35.5. The first-order valence-electron chi connectivity index (χ1n) is 6.35. The third-order valence-electron chi connectivity index (χ3n) is 3.62. The molecule has 1 heterocycles. The van der Waals surface area contributed by atoms with Crippen molar-refractivity contribution in [3.05, 3.63) is 46.9 Å². The molecule has 3 heteroatoms. The summed E-state index contributed by atoms with van der Waals surface area (Å²) in [6.07, 6.45) is 3.65. The predicted octanol–water partition coefficient (Wildman–Crippen LogP) is 4.37. The number of hydrogen-bond acceptors (Lipinski definition) is 2. The van der Waals surface area contributed by atoms with Gasteiger partial charge in [0.25, 0.3) is 0 Å². The summed E-state index contributed by atoms with van der Waals surface area (Å²) in [7, 11) is 0. The highest BCUT2D eigenvalue weighted by molar-refractivity contribution is 6.30. The van der Waals surface area contributed by atoms with Gasteiger partial charge in [-0.25, -0.2) is 9.97 Å². The van der Waals surface area contributed by atoms with Gasteiger partial charge in [-0.3, -0.25) is 0 Å². The molecule has 92 valence electrons. The second-order valence-electron chi connectivity index (χ2n) is 4.84. The summed E-state index contributed by atoms with van der Waals surface area (Å²) in [6, 6.07) is 10.2. The lowest BCUT2D eigenvalue weighted by Crippen LogP contribution is -2.13. The largest absolute Gasteiger partial charge is 0.232 e. The number of benzene rings is 1. The Balaban J connectivity index is 2.10. The summed E-state index contributed by atoms with van der Waals surface area (Å²) in [6.45, 7) is 1.98. The third-order valence-corrected chi connectivity index (χ3v) is 3.99. The van der Waals surface area contributed by atoms with E-state index in [4.69, 9.17) is 16.6 Å². The van der Waals surface area contributed by atoms with Crippen LogP contribution in [0.5, 0.6) is 0 Å². The van der Waals surface area contributed by atoms with Crippen LogP contribution < -0.4 is 0 Å². The molecule has 1 fully saturated rings. The molecule has 1 aliphatic rings. The minimum atomic E-state index is 0.505. The predicted molar refractivity (Wildman–Crippen MR) is 73.8 cm³/mol. The van der Waals surface area contributed by atoms with E-state index in [9.17, 15) is 0 Å². The zero-order valence-corrected chi connectivity index (χ0v) is 11.1. The molecule has 0 bridgehead atoms. The third kappa shape index (κ3) is 2.01. The van der Waals surface area contributed by atoms with Crippen LogP contribution in [-0.4, -0.2) is 9.97 Å². The molecule has 0 spiro atoms. The number of nitrogens with zero attached hydrogens (tertiary/aromatic N) is 2. The molecule has 1 aromatic carbocycles. The van der Waals surface area contributed by atoms with Crippen molar-refractivity contribution in [1.29, 1.82) is 0 Å². The Morgan fingerprint density at radius 1 is 1.11 bits per heavy atom. The summed E-state index contributed by atoms with van der Waals surface area (Å²) in [5.74, 6) is 1.42. The monoisotopic (exact) mass is 258 g/mol. The van der Waals surface area contributed by atoms with E-state index < -0.39 is 0 Å². The van der Waals surface area contributed by atoms with Gasteiger partial charge in [-0.2, -0.15) is 0 Å². The second kappa shape index (κ2) is 4.69. The molecule has 18 heavy (non-hydrogen) atoms. The van der Waals surface area contributed by atoms with Crippen LogP contribution in [0.3, 0.4) is 0 Å². The Morgan fingerprint density at radius 2 is 1.83 bits per heavy atom. The highest BCUT2D eigenvalue weighted by Gasteiger charge is 2.24. The van der Waals surface area contributed by atoms with E-state index >= 15 is 0 Å². The Morgan fingerprint density at radius 3 is 2.44 bits per heavy atom. The maximum atomic E-state index is 6.24. The van der Waals surface area contributed by atoms with Crippen LogP contribution in [0.4, 0.5) is 0 Å².